The molecule has 0 unspecified atom stereocenters. The van der Waals surface area contributed by atoms with E-state index in [1.165, 1.54) is 10.9 Å². The summed E-state index contributed by atoms with van der Waals surface area (Å²) in [5, 5.41) is 0. The molecule has 0 atom stereocenters. The molecule has 0 nitrogen and oxygen atoms in total. The van der Waals surface area contributed by atoms with Crippen LogP contribution in [0.25, 0.3) is 0 Å². The first-order valence-electron chi connectivity index (χ1n) is 1.56. The maximum absolute atomic E-state index is 2.20. The molecule has 0 bridgehead atoms. The zero-order valence-electron chi connectivity index (χ0n) is 2.91. The Bertz CT molecular complexity index is 5.25. The Hall–Kier alpha value is 0.799. The molecule has 0 aromatic rings. The molecule has 0 saturated heterocycles. The molecule has 0 amide bonds. The van der Waals surface area contributed by atoms with Gasteiger partial charge in [-0.2, -0.15) is 0 Å². The van der Waals surface area contributed by atoms with Crippen LogP contribution in [0.5, 0.6) is 0 Å². The first kappa shape index (κ1) is 4.80. The Morgan fingerprint density at radius 2 is 2.00 bits per heavy atom. The molecule has 0 aromatic heterocycles. The molecule has 0 aliphatic rings. The van der Waals surface area contributed by atoms with Crippen LogP contribution in [0.2, 0.25) is 4.44 Å². The summed E-state index contributed by atoms with van der Waals surface area (Å²) >= 11 is 1.67. The quantitative estimate of drug-likeness (QED) is 0.504. The van der Waals surface area contributed by atoms with E-state index in [0.717, 1.165) is 0 Å². The minimum absolute atomic E-state index is 1.36. The molecule has 0 aromatic carbocycles. The van der Waals surface area contributed by atoms with Crippen LogP contribution in [0, 0.1) is 0 Å². The van der Waals surface area contributed by atoms with Gasteiger partial charge in [-0.3, -0.25) is 0 Å². The normalized spacial score (nSPS) is 7.50. The summed E-state index contributed by atoms with van der Waals surface area (Å²) in [7, 11) is 0. The van der Waals surface area contributed by atoms with Crippen molar-refractivity contribution in [3.8, 4) is 0 Å². The molecule has 0 fully saturated rings. The molecular weight excluding hydrogens is 155 g/mol. The van der Waals surface area contributed by atoms with Gasteiger partial charge in [0.2, 0.25) is 0 Å². The Morgan fingerprint density at radius 1 is 1.75 bits per heavy atom. The molecule has 0 heterocycles. The third-order valence-corrected chi connectivity index (χ3v) is 1.68. The molecule has 0 saturated carbocycles. The molecule has 1 heteroatoms. The van der Waals surface area contributed by atoms with E-state index in [2.05, 4.69) is 6.92 Å². The van der Waals surface area contributed by atoms with Gasteiger partial charge in [-0.1, -0.05) is 0 Å². The van der Waals surface area contributed by atoms with Crippen LogP contribution in [-0.4, -0.2) is 22.5 Å². The molecule has 0 spiro atoms. The van der Waals surface area contributed by atoms with Crippen molar-refractivity contribution in [3.63, 3.8) is 0 Å². The zero-order chi connectivity index (χ0) is 3.41. The fourth-order valence-electron chi connectivity index (χ4n) is 0. The second-order valence-corrected chi connectivity index (χ2v) is 2.18. The van der Waals surface area contributed by atoms with E-state index in [1.807, 2.05) is 0 Å². The van der Waals surface area contributed by atoms with E-state index in [-0.39, 0.29) is 0 Å². The molecule has 0 rings (SSSR count). The Kier molecular flexibility index (Phi) is 4.56. The van der Waals surface area contributed by atoms with E-state index in [0.29, 0.717) is 0 Å². The first-order chi connectivity index (χ1) is 1.91. The van der Waals surface area contributed by atoms with Crippen molar-refractivity contribution in [1.82, 2.24) is 0 Å². The summed E-state index contributed by atoms with van der Waals surface area (Å²) in [4.78, 5) is 0. The van der Waals surface area contributed by atoms with Crippen LogP contribution >= 0.6 is 0 Å². The molecule has 0 aliphatic heterocycles. The number of rotatable bonds is 1. The van der Waals surface area contributed by atoms with Crippen molar-refractivity contribution < 1.29 is 0 Å². The second kappa shape index (κ2) is 3.80. The monoisotopic (exact) mass is 163 g/mol. The van der Waals surface area contributed by atoms with Crippen LogP contribution in [0.1, 0.15) is 13.3 Å². The van der Waals surface area contributed by atoms with Crippen LogP contribution < -0.4 is 0 Å². The fraction of sp³-hybridized carbons (Fsp3) is 1.00. The molecule has 0 aliphatic carbocycles. The van der Waals surface area contributed by atoms with E-state index < -0.39 is 0 Å². The third kappa shape index (κ3) is 2.80. The topological polar surface area (TPSA) is 0 Å². The van der Waals surface area contributed by atoms with Crippen molar-refractivity contribution >= 4 is 22.5 Å². The fourth-order valence-corrected chi connectivity index (χ4v) is 0. The summed E-state index contributed by atoms with van der Waals surface area (Å²) in [6.45, 7) is 2.20. The molecule has 0 N–H and O–H groups in total. The van der Waals surface area contributed by atoms with Gasteiger partial charge in [0.15, 0.2) is 0 Å². The average molecular weight is 162 g/mol. The van der Waals surface area contributed by atoms with Crippen molar-refractivity contribution in [2.24, 2.45) is 0 Å². The maximum atomic E-state index is 2.20. The summed E-state index contributed by atoms with van der Waals surface area (Å²) in [5.74, 6) is 0. The number of hydrogen-bond acceptors (Lipinski definition) is 0. The van der Waals surface area contributed by atoms with Crippen LogP contribution in [0.3, 0.4) is 0 Å². The van der Waals surface area contributed by atoms with E-state index >= 15 is 0 Å². The molecule has 4 heavy (non-hydrogen) atoms. The van der Waals surface area contributed by atoms with Gasteiger partial charge in [0.1, 0.15) is 0 Å². The van der Waals surface area contributed by atoms with Crippen LogP contribution in [0.15, 0.2) is 0 Å². The van der Waals surface area contributed by atoms with Gasteiger partial charge in [0, 0.05) is 0 Å². The Balaban J connectivity index is 1.97. The minimum atomic E-state index is 1.36. The van der Waals surface area contributed by atoms with Crippen molar-refractivity contribution in [2.45, 2.75) is 17.8 Å². The van der Waals surface area contributed by atoms with Gasteiger partial charge in [-0.05, 0) is 0 Å². The summed E-state index contributed by atoms with van der Waals surface area (Å²) in [6.07, 6.45) is 1.36. The SMILES string of the molecule is CC[CH2][Sn]. The van der Waals surface area contributed by atoms with E-state index in [9.17, 15) is 0 Å². The zero-order valence-corrected chi connectivity index (χ0v) is 5.77. The van der Waals surface area contributed by atoms with Crippen molar-refractivity contribution in [2.75, 3.05) is 0 Å². The predicted molar refractivity (Wildman–Crippen MR) is 20.9 cm³/mol. The Morgan fingerprint density at radius 3 is 2.00 bits per heavy atom. The van der Waals surface area contributed by atoms with Gasteiger partial charge in [0.25, 0.3) is 0 Å². The van der Waals surface area contributed by atoms with Gasteiger partial charge >= 0.3 is 40.3 Å². The Labute approximate surface area is 40.7 Å². The third-order valence-electron chi connectivity index (χ3n) is 0.250. The van der Waals surface area contributed by atoms with Gasteiger partial charge in [0.05, 0.1) is 0 Å². The van der Waals surface area contributed by atoms with Gasteiger partial charge < -0.3 is 0 Å². The van der Waals surface area contributed by atoms with Crippen LogP contribution in [0.4, 0.5) is 0 Å². The van der Waals surface area contributed by atoms with E-state index in [4.69, 9.17) is 0 Å². The van der Waals surface area contributed by atoms with Crippen molar-refractivity contribution in [3.05, 3.63) is 0 Å². The van der Waals surface area contributed by atoms with E-state index in [1.54, 1.807) is 22.5 Å². The van der Waals surface area contributed by atoms with Crippen molar-refractivity contribution in [1.29, 1.82) is 0 Å². The van der Waals surface area contributed by atoms with Gasteiger partial charge in [-0.15, -0.1) is 0 Å². The average Bonchev–Trinajstić information content (AvgIpc) is 1.37. The molecule has 3 radical (unpaired) electrons. The second-order valence-electron chi connectivity index (χ2n) is 0.750. The standard InChI is InChI=1S/C3H7.Sn/c1-3-2;/h1,3H2,2H3;. The molecule has 23 valence electrons. The summed E-state index contributed by atoms with van der Waals surface area (Å²) in [6, 6.07) is 0. The van der Waals surface area contributed by atoms with Gasteiger partial charge in [-0.25, -0.2) is 0 Å². The summed E-state index contributed by atoms with van der Waals surface area (Å²) in [5.41, 5.74) is 0. The number of hydrogen-bond donors (Lipinski definition) is 0. The predicted octanol–water partition coefficient (Wildman–Crippen LogP) is 0.983. The first-order valence-corrected chi connectivity index (χ1v) is 3.58. The molecular formula is C3H7Sn. The van der Waals surface area contributed by atoms with Crippen LogP contribution in [-0.2, 0) is 0 Å². The summed E-state index contributed by atoms with van der Waals surface area (Å²) < 4.78 is 1.41.